The lowest BCUT2D eigenvalue weighted by molar-refractivity contribution is 0.00646. The summed E-state index contributed by atoms with van der Waals surface area (Å²) in [5, 5.41) is 13.2. The van der Waals surface area contributed by atoms with Crippen LogP contribution >= 0.6 is 0 Å². The highest BCUT2D eigenvalue weighted by atomic mass is 16.6. The van der Waals surface area contributed by atoms with Gasteiger partial charge in [0.25, 0.3) is 0 Å². The summed E-state index contributed by atoms with van der Waals surface area (Å²) in [5.41, 5.74) is -0.708. The van der Waals surface area contributed by atoms with Crippen molar-refractivity contribution in [3.8, 4) is 0 Å². The van der Waals surface area contributed by atoms with Crippen LogP contribution in [0.3, 0.4) is 0 Å². The summed E-state index contributed by atoms with van der Waals surface area (Å²) in [7, 11) is 0. The standard InChI is InChI=1S/C18H38N2O3/c1-16(2,3)12-14(21)13-19-10-11-20(17(4,5)6)15(22)23-18(7,8)9/h14,19,21H,10-13H2,1-9H3. The molecule has 0 aliphatic carbocycles. The van der Waals surface area contributed by atoms with Crippen LogP contribution in [0, 0.1) is 5.41 Å². The third-order valence-corrected chi connectivity index (χ3v) is 3.16. The molecule has 0 aromatic carbocycles. The zero-order valence-corrected chi connectivity index (χ0v) is 16.6. The number of nitrogens with zero attached hydrogens (tertiary/aromatic N) is 1. The van der Waals surface area contributed by atoms with Crippen LogP contribution in [0.15, 0.2) is 0 Å². The van der Waals surface area contributed by atoms with E-state index in [-0.39, 0.29) is 23.2 Å². The van der Waals surface area contributed by atoms with E-state index in [1.54, 1.807) is 4.90 Å². The molecular formula is C18H38N2O3. The van der Waals surface area contributed by atoms with E-state index in [0.29, 0.717) is 19.6 Å². The van der Waals surface area contributed by atoms with E-state index in [9.17, 15) is 9.90 Å². The molecule has 0 fully saturated rings. The molecule has 0 saturated heterocycles. The van der Waals surface area contributed by atoms with Crippen molar-refractivity contribution >= 4 is 6.09 Å². The summed E-state index contributed by atoms with van der Waals surface area (Å²) < 4.78 is 5.48. The first kappa shape index (κ1) is 22.2. The molecule has 0 radical (unpaired) electrons. The van der Waals surface area contributed by atoms with E-state index in [2.05, 4.69) is 26.1 Å². The van der Waals surface area contributed by atoms with Gasteiger partial charge in [0.2, 0.25) is 0 Å². The van der Waals surface area contributed by atoms with Crippen molar-refractivity contribution in [1.29, 1.82) is 0 Å². The number of hydrogen-bond acceptors (Lipinski definition) is 4. The number of rotatable bonds is 6. The average Bonchev–Trinajstić information content (AvgIpc) is 2.21. The first-order valence-corrected chi connectivity index (χ1v) is 8.51. The predicted octanol–water partition coefficient (Wildman–Crippen LogP) is 3.41. The van der Waals surface area contributed by atoms with Gasteiger partial charge in [0.05, 0.1) is 6.10 Å². The lowest BCUT2D eigenvalue weighted by atomic mass is 9.89. The van der Waals surface area contributed by atoms with Gasteiger partial charge in [-0.05, 0) is 53.4 Å². The Morgan fingerprint density at radius 1 is 1.09 bits per heavy atom. The van der Waals surface area contributed by atoms with Crippen LogP contribution in [0.5, 0.6) is 0 Å². The Kier molecular flexibility index (Phi) is 8.04. The van der Waals surface area contributed by atoms with Crippen LogP contribution in [0.4, 0.5) is 4.79 Å². The summed E-state index contributed by atoms with van der Waals surface area (Å²) in [5.74, 6) is 0. The molecule has 5 nitrogen and oxygen atoms in total. The van der Waals surface area contributed by atoms with E-state index in [1.165, 1.54) is 0 Å². The van der Waals surface area contributed by atoms with Crippen LogP contribution < -0.4 is 5.32 Å². The number of amides is 1. The fourth-order valence-electron chi connectivity index (χ4n) is 2.26. The molecule has 0 spiro atoms. The highest BCUT2D eigenvalue weighted by Crippen LogP contribution is 2.20. The molecule has 1 unspecified atom stereocenters. The maximum atomic E-state index is 12.3. The van der Waals surface area contributed by atoms with Gasteiger partial charge in [-0.2, -0.15) is 0 Å². The molecule has 0 aliphatic heterocycles. The minimum Gasteiger partial charge on any atom is -0.444 e. The van der Waals surface area contributed by atoms with Gasteiger partial charge in [-0.15, -0.1) is 0 Å². The molecule has 1 amide bonds. The minimum atomic E-state index is -0.503. The second-order valence-corrected chi connectivity index (χ2v) is 9.43. The highest BCUT2D eigenvalue weighted by Gasteiger charge is 2.30. The van der Waals surface area contributed by atoms with Crippen molar-refractivity contribution in [2.45, 2.75) is 86.0 Å². The van der Waals surface area contributed by atoms with E-state index >= 15 is 0 Å². The summed E-state index contributed by atoms with van der Waals surface area (Å²) in [6.45, 7) is 19.6. The maximum absolute atomic E-state index is 12.3. The Morgan fingerprint density at radius 3 is 2.00 bits per heavy atom. The van der Waals surface area contributed by atoms with Crippen molar-refractivity contribution < 1.29 is 14.6 Å². The summed E-state index contributed by atoms with van der Waals surface area (Å²) in [4.78, 5) is 14.1. The maximum Gasteiger partial charge on any atom is 0.410 e. The highest BCUT2D eigenvalue weighted by molar-refractivity contribution is 5.69. The van der Waals surface area contributed by atoms with Gasteiger partial charge in [-0.25, -0.2) is 4.79 Å². The van der Waals surface area contributed by atoms with Crippen LogP contribution in [0.25, 0.3) is 0 Å². The topological polar surface area (TPSA) is 61.8 Å². The lowest BCUT2D eigenvalue weighted by Crippen LogP contribution is -2.50. The van der Waals surface area contributed by atoms with E-state index < -0.39 is 5.60 Å². The van der Waals surface area contributed by atoms with E-state index in [1.807, 2.05) is 41.5 Å². The van der Waals surface area contributed by atoms with Gasteiger partial charge in [-0.3, -0.25) is 0 Å². The number of aliphatic hydroxyl groups is 1. The quantitative estimate of drug-likeness (QED) is 0.733. The van der Waals surface area contributed by atoms with Gasteiger partial charge in [0.15, 0.2) is 0 Å². The van der Waals surface area contributed by atoms with Gasteiger partial charge in [-0.1, -0.05) is 20.8 Å². The van der Waals surface area contributed by atoms with Crippen molar-refractivity contribution in [1.82, 2.24) is 10.2 Å². The molecule has 23 heavy (non-hydrogen) atoms. The smallest absolute Gasteiger partial charge is 0.410 e. The largest absolute Gasteiger partial charge is 0.444 e. The monoisotopic (exact) mass is 330 g/mol. The normalized spacial score (nSPS) is 14.5. The third-order valence-electron chi connectivity index (χ3n) is 3.16. The molecule has 138 valence electrons. The Bertz CT molecular complexity index is 362. The zero-order valence-electron chi connectivity index (χ0n) is 16.6. The molecule has 0 heterocycles. The first-order valence-electron chi connectivity index (χ1n) is 8.51. The number of carbonyl (C=O) groups excluding carboxylic acids is 1. The summed E-state index contributed by atoms with van der Waals surface area (Å²) in [6, 6.07) is 0. The fourth-order valence-corrected chi connectivity index (χ4v) is 2.26. The second-order valence-electron chi connectivity index (χ2n) is 9.43. The van der Waals surface area contributed by atoms with E-state index in [4.69, 9.17) is 4.74 Å². The molecule has 0 aromatic rings. The average molecular weight is 331 g/mol. The van der Waals surface area contributed by atoms with Crippen molar-refractivity contribution in [2.75, 3.05) is 19.6 Å². The molecular weight excluding hydrogens is 292 g/mol. The zero-order chi connectivity index (χ0) is 18.5. The molecule has 1 atom stereocenters. The minimum absolute atomic E-state index is 0.106. The first-order chi connectivity index (χ1) is 10.1. The van der Waals surface area contributed by atoms with Gasteiger partial charge < -0.3 is 20.1 Å². The molecule has 0 aliphatic rings. The number of carbonyl (C=O) groups is 1. The van der Waals surface area contributed by atoms with Crippen molar-refractivity contribution in [3.05, 3.63) is 0 Å². The van der Waals surface area contributed by atoms with Crippen LogP contribution in [-0.2, 0) is 4.74 Å². The molecule has 0 aromatic heterocycles. The van der Waals surface area contributed by atoms with Crippen molar-refractivity contribution in [3.63, 3.8) is 0 Å². The van der Waals surface area contributed by atoms with Crippen LogP contribution in [0.2, 0.25) is 0 Å². The molecule has 0 rings (SSSR count). The van der Waals surface area contributed by atoms with E-state index in [0.717, 1.165) is 6.42 Å². The third kappa shape index (κ3) is 11.4. The predicted molar refractivity (Wildman–Crippen MR) is 95.6 cm³/mol. The van der Waals surface area contributed by atoms with Crippen molar-refractivity contribution in [2.24, 2.45) is 5.41 Å². The Balaban J connectivity index is 4.41. The van der Waals surface area contributed by atoms with Crippen LogP contribution in [0.1, 0.15) is 68.7 Å². The lowest BCUT2D eigenvalue weighted by Gasteiger charge is -2.37. The van der Waals surface area contributed by atoms with Crippen LogP contribution in [-0.4, -0.2) is 53.0 Å². The van der Waals surface area contributed by atoms with Gasteiger partial charge in [0.1, 0.15) is 5.60 Å². The van der Waals surface area contributed by atoms with Gasteiger partial charge >= 0.3 is 6.09 Å². The Hall–Kier alpha value is -0.810. The molecule has 0 saturated carbocycles. The second kappa shape index (κ2) is 8.34. The Morgan fingerprint density at radius 2 is 1.61 bits per heavy atom. The molecule has 2 N–H and O–H groups in total. The summed E-state index contributed by atoms with van der Waals surface area (Å²) >= 11 is 0. The number of nitrogens with one attached hydrogen (secondary N) is 1. The SMILES string of the molecule is CC(C)(C)CC(O)CNCCN(C(=O)OC(C)(C)C)C(C)(C)C. The summed E-state index contributed by atoms with van der Waals surface area (Å²) in [6.07, 6.45) is 0.0661. The number of ether oxygens (including phenoxy) is 1. The Labute approximate surface area is 142 Å². The van der Waals surface area contributed by atoms with Gasteiger partial charge in [0, 0.05) is 25.2 Å². The number of aliphatic hydroxyl groups excluding tert-OH is 1. The fraction of sp³-hybridized carbons (Fsp3) is 0.944. The molecule has 0 bridgehead atoms. The number of hydrogen-bond donors (Lipinski definition) is 2. The molecule has 5 heteroatoms.